The van der Waals surface area contributed by atoms with Crippen molar-refractivity contribution in [2.24, 2.45) is 0 Å². The molecular weight excluding hydrogens is 240 g/mol. The molecule has 0 saturated carbocycles. The first-order valence-electron chi connectivity index (χ1n) is 7.00. The van der Waals surface area contributed by atoms with Crippen LogP contribution in [-0.2, 0) is 5.41 Å². The van der Waals surface area contributed by atoms with Crippen molar-refractivity contribution in [3.05, 3.63) is 77.4 Å². The molecule has 0 amide bonds. The number of rotatable bonds is 3. The van der Waals surface area contributed by atoms with Crippen molar-refractivity contribution in [3.63, 3.8) is 0 Å². The lowest BCUT2D eigenvalue weighted by atomic mass is 9.87. The molecule has 102 valence electrons. The Bertz CT molecular complexity index is 590. The molecule has 2 aromatic rings. The van der Waals surface area contributed by atoms with Crippen molar-refractivity contribution in [3.8, 4) is 0 Å². The molecule has 0 bridgehead atoms. The van der Waals surface area contributed by atoms with Crippen LogP contribution in [0.1, 0.15) is 43.0 Å². The molecule has 0 atom stereocenters. The standard InChI is InChI=1S/C20H22/c1-5-16-6-8-17(9-7-16)10-11-18-12-14-19(15-13-18)20(2,3)4/h5-15H,1H2,2-4H3. The zero-order valence-corrected chi connectivity index (χ0v) is 12.6. The second-order valence-corrected chi connectivity index (χ2v) is 6.08. The van der Waals surface area contributed by atoms with Crippen LogP contribution in [-0.4, -0.2) is 0 Å². The molecule has 0 aliphatic carbocycles. The van der Waals surface area contributed by atoms with Gasteiger partial charge in [-0.3, -0.25) is 0 Å². The van der Waals surface area contributed by atoms with Crippen LogP contribution in [0, 0.1) is 0 Å². The average molecular weight is 262 g/mol. The Labute approximate surface area is 122 Å². The third kappa shape index (κ3) is 3.71. The summed E-state index contributed by atoms with van der Waals surface area (Å²) >= 11 is 0. The minimum Gasteiger partial charge on any atom is -0.0985 e. The quantitative estimate of drug-likeness (QED) is 0.613. The van der Waals surface area contributed by atoms with Crippen molar-refractivity contribution < 1.29 is 0 Å². The van der Waals surface area contributed by atoms with E-state index in [-0.39, 0.29) is 5.41 Å². The maximum atomic E-state index is 3.76. The van der Waals surface area contributed by atoms with E-state index in [1.165, 1.54) is 16.7 Å². The van der Waals surface area contributed by atoms with Gasteiger partial charge in [-0.05, 0) is 27.7 Å². The highest BCUT2D eigenvalue weighted by Crippen LogP contribution is 2.22. The fourth-order valence-electron chi connectivity index (χ4n) is 2.03. The smallest absolute Gasteiger partial charge is 0.0132 e. The third-order valence-corrected chi connectivity index (χ3v) is 3.42. The Morgan fingerprint density at radius 1 is 0.700 bits per heavy atom. The molecule has 0 spiro atoms. The molecule has 0 saturated heterocycles. The van der Waals surface area contributed by atoms with Gasteiger partial charge in [0, 0.05) is 0 Å². The van der Waals surface area contributed by atoms with E-state index in [0.29, 0.717) is 0 Å². The Kier molecular flexibility index (Phi) is 4.24. The number of benzene rings is 2. The maximum absolute atomic E-state index is 3.76. The van der Waals surface area contributed by atoms with Gasteiger partial charge in [-0.1, -0.05) is 94.1 Å². The Balaban J connectivity index is 2.12. The van der Waals surface area contributed by atoms with Crippen LogP contribution >= 0.6 is 0 Å². The summed E-state index contributed by atoms with van der Waals surface area (Å²) in [6.07, 6.45) is 6.15. The van der Waals surface area contributed by atoms with Gasteiger partial charge in [-0.25, -0.2) is 0 Å². The predicted octanol–water partition coefficient (Wildman–Crippen LogP) is 5.80. The van der Waals surface area contributed by atoms with Gasteiger partial charge < -0.3 is 0 Å². The minimum atomic E-state index is 0.211. The second kappa shape index (κ2) is 5.92. The van der Waals surface area contributed by atoms with Gasteiger partial charge in [0.05, 0.1) is 0 Å². The molecule has 0 aliphatic rings. The van der Waals surface area contributed by atoms with Crippen LogP contribution in [0.5, 0.6) is 0 Å². The summed E-state index contributed by atoms with van der Waals surface area (Å²) in [5.74, 6) is 0. The van der Waals surface area contributed by atoms with Crippen LogP contribution in [0.3, 0.4) is 0 Å². The molecule has 0 aliphatic heterocycles. The molecule has 0 nitrogen and oxygen atoms in total. The van der Waals surface area contributed by atoms with E-state index in [0.717, 1.165) is 5.56 Å². The SMILES string of the molecule is C=Cc1ccc(C=Cc2ccc(C(C)(C)C)cc2)cc1. The Hall–Kier alpha value is -2.08. The lowest BCUT2D eigenvalue weighted by molar-refractivity contribution is 0.590. The molecule has 2 aromatic carbocycles. The van der Waals surface area contributed by atoms with E-state index in [9.17, 15) is 0 Å². The van der Waals surface area contributed by atoms with Crippen LogP contribution in [0.2, 0.25) is 0 Å². The van der Waals surface area contributed by atoms with E-state index in [1.807, 2.05) is 6.08 Å². The third-order valence-electron chi connectivity index (χ3n) is 3.42. The van der Waals surface area contributed by atoms with Gasteiger partial charge in [0.1, 0.15) is 0 Å². The lowest BCUT2D eigenvalue weighted by Crippen LogP contribution is -2.10. The highest BCUT2D eigenvalue weighted by atomic mass is 14.2. The summed E-state index contributed by atoms with van der Waals surface area (Å²) in [6, 6.07) is 17.1. The molecule has 2 rings (SSSR count). The fourth-order valence-corrected chi connectivity index (χ4v) is 2.03. The van der Waals surface area contributed by atoms with Gasteiger partial charge in [-0.15, -0.1) is 0 Å². The van der Waals surface area contributed by atoms with Crippen LogP contribution < -0.4 is 0 Å². The van der Waals surface area contributed by atoms with E-state index in [2.05, 4.69) is 88.0 Å². The highest BCUT2D eigenvalue weighted by molar-refractivity contribution is 5.70. The monoisotopic (exact) mass is 262 g/mol. The Morgan fingerprint density at radius 2 is 1.10 bits per heavy atom. The zero-order chi connectivity index (χ0) is 14.6. The topological polar surface area (TPSA) is 0 Å². The number of hydrogen-bond donors (Lipinski definition) is 0. The van der Waals surface area contributed by atoms with Crippen molar-refractivity contribution in [1.82, 2.24) is 0 Å². The molecule has 20 heavy (non-hydrogen) atoms. The zero-order valence-electron chi connectivity index (χ0n) is 12.6. The van der Waals surface area contributed by atoms with E-state index < -0.39 is 0 Å². The normalized spacial score (nSPS) is 11.8. The summed E-state index contributed by atoms with van der Waals surface area (Å²) < 4.78 is 0. The molecular formula is C20H22. The minimum absolute atomic E-state index is 0.211. The summed E-state index contributed by atoms with van der Waals surface area (Å²) in [7, 11) is 0. The predicted molar refractivity (Wildman–Crippen MR) is 90.6 cm³/mol. The van der Waals surface area contributed by atoms with Crippen molar-refractivity contribution in [1.29, 1.82) is 0 Å². The highest BCUT2D eigenvalue weighted by Gasteiger charge is 2.12. The van der Waals surface area contributed by atoms with E-state index >= 15 is 0 Å². The second-order valence-electron chi connectivity index (χ2n) is 6.08. The largest absolute Gasteiger partial charge is 0.0985 e. The van der Waals surface area contributed by atoms with Crippen LogP contribution in [0.4, 0.5) is 0 Å². The first-order valence-corrected chi connectivity index (χ1v) is 7.00. The Morgan fingerprint density at radius 3 is 1.50 bits per heavy atom. The van der Waals surface area contributed by atoms with Crippen molar-refractivity contribution in [2.75, 3.05) is 0 Å². The summed E-state index contributed by atoms with van der Waals surface area (Å²) in [5, 5.41) is 0. The fraction of sp³-hybridized carbons (Fsp3) is 0.200. The molecule has 0 unspecified atom stereocenters. The van der Waals surface area contributed by atoms with Gasteiger partial charge in [-0.2, -0.15) is 0 Å². The van der Waals surface area contributed by atoms with E-state index in [1.54, 1.807) is 0 Å². The van der Waals surface area contributed by atoms with Gasteiger partial charge >= 0.3 is 0 Å². The molecule has 0 heteroatoms. The van der Waals surface area contributed by atoms with Gasteiger partial charge in [0.15, 0.2) is 0 Å². The van der Waals surface area contributed by atoms with Gasteiger partial charge in [0.2, 0.25) is 0 Å². The molecule has 0 radical (unpaired) electrons. The molecule has 0 aromatic heterocycles. The lowest BCUT2D eigenvalue weighted by Gasteiger charge is -2.18. The number of hydrogen-bond acceptors (Lipinski definition) is 0. The maximum Gasteiger partial charge on any atom is -0.0132 e. The molecule has 0 heterocycles. The summed E-state index contributed by atoms with van der Waals surface area (Å²) in [4.78, 5) is 0. The van der Waals surface area contributed by atoms with E-state index in [4.69, 9.17) is 0 Å². The average Bonchev–Trinajstić information content (AvgIpc) is 2.45. The first kappa shape index (κ1) is 14.3. The van der Waals surface area contributed by atoms with Crippen LogP contribution in [0.15, 0.2) is 55.1 Å². The van der Waals surface area contributed by atoms with Crippen LogP contribution in [0.25, 0.3) is 18.2 Å². The molecule has 0 N–H and O–H groups in total. The summed E-state index contributed by atoms with van der Waals surface area (Å²) in [5.41, 5.74) is 5.16. The molecule has 0 fully saturated rings. The van der Waals surface area contributed by atoms with Crippen molar-refractivity contribution >= 4 is 18.2 Å². The van der Waals surface area contributed by atoms with Gasteiger partial charge in [0.25, 0.3) is 0 Å². The van der Waals surface area contributed by atoms with Crippen molar-refractivity contribution in [2.45, 2.75) is 26.2 Å². The summed E-state index contributed by atoms with van der Waals surface area (Å²) in [6.45, 7) is 10.5. The first-order chi connectivity index (χ1) is 9.49.